The van der Waals surface area contributed by atoms with Crippen LogP contribution in [0.3, 0.4) is 0 Å². The summed E-state index contributed by atoms with van der Waals surface area (Å²) >= 11 is 0. The summed E-state index contributed by atoms with van der Waals surface area (Å²) in [5.41, 5.74) is 0. The van der Waals surface area contributed by atoms with Gasteiger partial charge in [0.05, 0.1) is 7.11 Å². The van der Waals surface area contributed by atoms with Gasteiger partial charge in [-0.3, -0.25) is 14.6 Å². The number of ether oxygens (including phenoxy) is 1. The first-order valence-corrected chi connectivity index (χ1v) is 6.80. The van der Waals surface area contributed by atoms with Crippen LogP contribution in [-0.4, -0.2) is 32.5 Å². The van der Waals surface area contributed by atoms with Crippen LogP contribution in [-0.2, 0) is 28.6 Å². The Kier molecular flexibility index (Phi) is 5.43. The zero-order valence-electron chi connectivity index (χ0n) is 10.2. The fourth-order valence-corrected chi connectivity index (χ4v) is 2.08. The number of aromatic nitrogens is 1. The van der Waals surface area contributed by atoms with Gasteiger partial charge in [-0.25, -0.2) is 0 Å². The van der Waals surface area contributed by atoms with Crippen molar-refractivity contribution in [2.45, 2.75) is 24.2 Å². The first-order chi connectivity index (χ1) is 8.95. The largest absolute Gasteiger partial charge is 0.469 e. The molecule has 0 aliphatic carbocycles. The third-order valence-corrected chi connectivity index (χ3v) is 3.39. The first-order valence-electron chi connectivity index (χ1n) is 5.40. The van der Waals surface area contributed by atoms with E-state index in [1.165, 1.54) is 31.6 Å². The zero-order chi connectivity index (χ0) is 14.3. The highest BCUT2D eigenvalue weighted by molar-refractivity contribution is 7.87. The average molecular weight is 287 g/mol. The Hall–Kier alpha value is -1.96. The van der Waals surface area contributed by atoms with Crippen LogP contribution in [0.25, 0.3) is 0 Å². The van der Waals surface area contributed by atoms with Gasteiger partial charge in [0, 0.05) is 25.2 Å². The molecule has 1 rings (SSSR count). The molecule has 0 saturated heterocycles. The van der Waals surface area contributed by atoms with Crippen LogP contribution in [0.5, 0.6) is 0 Å². The number of hydrogen-bond acceptors (Lipinski definition) is 7. The molecular weight excluding hydrogens is 274 g/mol. The summed E-state index contributed by atoms with van der Waals surface area (Å²) in [6.07, 6.45) is 2.56. The fraction of sp³-hybridized carbons (Fsp3) is 0.364. The van der Waals surface area contributed by atoms with Crippen molar-refractivity contribution in [3.05, 3.63) is 24.5 Å². The Morgan fingerprint density at radius 3 is 2.32 bits per heavy atom. The zero-order valence-corrected chi connectivity index (χ0v) is 11.1. The number of hydrogen-bond donors (Lipinski definition) is 0. The topological polar surface area (TPSA) is 99.6 Å². The number of pyridine rings is 1. The lowest BCUT2D eigenvalue weighted by Gasteiger charge is -2.05. The van der Waals surface area contributed by atoms with Crippen LogP contribution in [0.4, 0.5) is 0 Å². The predicted octanol–water partition coefficient (Wildman–Crippen LogP) is 0.657. The Morgan fingerprint density at radius 2 is 1.74 bits per heavy atom. The smallest absolute Gasteiger partial charge is 0.341 e. The van der Waals surface area contributed by atoms with Crippen molar-refractivity contribution in [2.75, 3.05) is 7.11 Å². The summed E-state index contributed by atoms with van der Waals surface area (Å²) in [6.45, 7) is 0. The Balaban J connectivity index is 2.51. The molecule has 0 fully saturated rings. The maximum atomic E-state index is 11.6. The van der Waals surface area contributed by atoms with Crippen LogP contribution in [0.1, 0.15) is 19.3 Å². The van der Waals surface area contributed by atoms with Gasteiger partial charge in [-0.2, -0.15) is 8.42 Å². The lowest BCUT2D eigenvalue weighted by atomic mass is 10.2. The van der Waals surface area contributed by atoms with Crippen molar-refractivity contribution in [3.63, 3.8) is 0 Å². The second-order valence-corrected chi connectivity index (χ2v) is 5.07. The normalized spacial score (nSPS) is 10.8. The van der Waals surface area contributed by atoms with E-state index in [1.54, 1.807) is 0 Å². The van der Waals surface area contributed by atoms with E-state index in [1.807, 2.05) is 0 Å². The molecule has 0 N–H and O–H groups in total. The van der Waals surface area contributed by atoms with Crippen molar-refractivity contribution >= 4 is 22.1 Å². The van der Waals surface area contributed by atoms with E-state index in [-0.39, 0.29) is 24.2 Å². The minimum absolute atomic E-state index is 0.0287. The van der Waals surface area contributed by atoms with Gasteiger partial charge in [-0.05, 0) is 18.6 Å². The number of esters is 1. The van der Waals surface area contributed by atoms with E-state index in [4.69, 9.17) is 0 Å². The minimum atomic E-state index is -4.12. The quantitative estimate of drug-likeness (QED) is 0.559. The molecule has 0 amide bonds. The van der Waals surface area contributed by atoms with Crippen molar-refractivity contribution in [3.8, 4) is 0 Å². The summed E-state index contributed by atoms with van der Waals surface area (Å²) in [5.74, 6) is -1.38. The van der Waals surface area contributed by atoms with Gasteiger partial charge in [-0.15, -0.1) is 0 Å². The second-order valence-electron chi connectivity index (χ2n) is 3.52. The summed E-state index contributed by atoms with van der Waals surface area (Å²) in [5, 5.41) is 0. The molecular formula is C11H13NO6S. The molecule has 104 valence electrons. The summed E-state index contributed by atoms with van der Waals surface area (Å²) in [7, 11) is -2.89. The number of nitrogens with zero attached hydrogens (tertiary/aromatic N) is 1. The van der Waals surface area contributed by atoms with E-state index in [0.29, 0.717) is 0 Å². The number of carbonyl (C=O) groups excluding carboxylic acids is 2. The highest BCUT2D eigenvalue weighted by Crippen LogP contribution is 2.12. The second kappa shape index (κ2) is 6.83. The maximum Gasteiger partial charge on any atom is 0.341 e. The predicted molar refractivity (Wildman–Crippen MR) is 63.4 cm³/mol. The van der Waals surface area contributed by atoms with E-state index < -0.39 is 22.1 Å². The highest BCUT2D eigenvalue weighted by Gasteiger charge is 2.19. The molecule has 0 aliphatic heterocycles. The molecule has 0 radical (unpaired) electrons. The van der Waals surface area contributed by atoms with Gasteiger partial charge in [0.15, 0.2) is 0 Å². The van der Waals surface area contributed by atoms with Gasteiger partial charge in [0.25, 0.3) is 0 Å². The van der Waals surface area contributed by atoms with Gasteiger partial charge < -0.3 is 8.92 Å². The fourth-order valence-electron chi connectivity index (χ4n) is 1.20. The van der Waals surface area contributed by atoms with Crippen molar-refractivity contribution in [1.29, 1.82) is 0 Å². The number of rotatable bonds is 6. The lowest BCUT2D eigenvalue weighted by Crippen LogP contribution is -2.13. The first kappa shape index (κ1) is 15.1. The summed E-state index contributed by atoms with van der Waals surface area (Å²) in [4.78, 5) is 25.6. The molecule has 0 saturated carbocycles. The molecule has 1 aromatic heterocycles. The Bertz CT molecular complexity index is 540. The number of methoxy groups -OCH3 is 1. The third-order valence-electron chi connectivity index (χ3n) is 2.13. The standard InChI is InChI=1S/C11H13NO6S/c1-17-10(13)3-2-4-11(14)18-19(15,16)9-5-7-12-8-6-9/h5-8H,2-4H2,1H3. The van der Waals surface area contributed by atoms with E-state index in [0.717, 1.165) is 0 Å². The minimum Gasteiger partial charge on any atom is -0.469 e. The van der Waals surface area contributed by atoms with E-state index >= 15 is 0 Å². The molecule has 0 unspecified atom stereocenters. The molecule has 1 aromatic rings. The van der Waals surface area contributed by atoms with Crippen LogP contribution >= 0.6 is 0 Å². The molecule has 7 nitrogen and oxygen atoms in total. The molecule has 19 heavy (non-hydrogen) atoms. The average Bonchev–Trinajstić information content (AvgIpc) is 2.39. The molecule has 0 aromatic carbocycles. The van der Waals surface area contributed by atoms with Crippen LogP contribution in [0.15, 0.2) is 29.4 Å². The molecule has 1 heterocycles. The van der Waals surface area contributed by atoms with Gasteiger partial charge >= 0.3 is 22.1 Å². The molecule has 0 atom stereocenters. The van der Waals surface area contributed by atoms with Crippen molar-refractivity contribution in [2.24, 2.45) is 0 Å². The molecule has 0 spiro atoms. The van der Waals surface area contributed by atoms with Gasteiger partial charge in [-0.1, -0.05) is 0 Å². The summed E-state index contributed by atoms with van der Waals surface area (Å²) < 4.78 is 32.0. The molecule has 8 heteroatoms. The lowest BCUT2D eigenvalue weighted by molar-refractivity contribution is -0.141. The Labute approximate surface area is 110 Å². The van der Waals surface area contributed by atoms with Crippen molar-refractivity contribution in [1.82, 2.24) is 4.98 Å². The molecule has 0 aliphatic rings. The van der Waals surface area contributed by atoms with Gasteiger partial charge in [0.1, 0.15) is 4.90 Å². The van der Waals surface area contributed by atoms with Gasteiger partial charge in [0.2, 0.25) is 0 Å². The number of carbonyl (C=O) groups is 2. The van der Waals surface area contributed by atoms with Crippen LogP contribution in [0, 0.1) is 0 Å². The summed E-state index contributed by atoms with van der Waals surface area (Å²) in [6, 6.07) is 2.44. The van der Waals surface area contributed by atoms with Crippen LogP contribution in [0.2, 0.25) is 0 Å². The van der Waals surface area contributed by atoms with Crippen LogP contribution < -0.4 is 0 Å². The Morgan fingerprint density at radius 1 is 1.16 bits per heavy atom. The maximum absolute atomic E-state index is 11.6. The molecule has 0 bridgehead atoms. The monoisotopic (exact) mass is 287 g/mol. The van der Waals surface area contributed by atoms with E-state index in [9.17, 15) is 18.0 Å². The highest BCUT2D eigenvalue weighted by atomic mass is 32.2. The SMILES string of the molecule is COC(=O)CCCC(=O)OS(=O)(=O)c1ccncc1. The van der Waals surface area contributed by atoms with Crippen molar-refractivity contribution < 1.29 is 26.9 Å². The third kappa shape index (κ3) is 5.04. The van der Waals surface area contributed by atoms with E-state index in [2.05, 4.69) is 13.9 Å².